The van der Waals surface area contributed by atoms with Crippen LogP contribution in [0.4, 0.5) is 4.79 Å². The van der Waals surface area contributed by atoms with Gasteiger partial charge in [-0.15, -0.1) is 9.94 Å². The van der Waals surface area contributed by atoms with Gasteiger partial charge in [-0.3, -0.25) is 0 Å². The number of piperidine rings is 1. The number of H-pyrrole nitrogens is 1. The van der Waals surface area contributed by atoms with Crippen molar-refractivity contribution in [1.82, 2.24) is 24.8 Å². The van der Waals surface area contributed by atoms with Crippen molar-refractivity contribution in [2.24, 2.45) is 5.92 Å². The number of imidazole rings is 1. The monoisotopic (exact) mass is 427 g/mol. The summed E-state index contributed by atoms with van der Waals surface area (Å²) in [5.41, 5.74) is 1.15. The number of benzene rings is 1. The summed E-state index contributed by atoms with van der Waals surface area (Å²) in [6, 6.07) is 9.49. The third kappa shape index (κ3) is 5.35. The third-order valence-corrected chi connectivity index (χ3v) is 6.18. The van der Waals surface area contributed by atoms with E-state index in [9.17, 15) is 4.79 Å². The molecule has 1 aliphatic heterocycles. The maximum atomic E-state index is 12.5. The molecule has 0 bridgehead atoms. The number of hydrogen-bond acceptors (Lipinski definition) is 6. The Bertz CT molecular complexity index is 907. The molecule has 0 aliphatic carbocycles. The van der Waals surface area contributed by atoms with E-state index in [-0.39, 0.29) is 11.3 Å². The highest BCUT2D eigenvalue weighted by Gasteiger charge is 2.25. The molecule has 1 aromatic carbocycles. The van der Waals surface area contributed by atoms with Gasteiger partial charge < -0.3 is 19.5 Å². The number of amides is 1. The Balaban J connectivity index is 1.22. The molecule has 1 fully saturated rings. The van der Waals surface area contributed by atoms with Crippen molar-refractivity contribution in [3.63, 3.8) is 0 Å². The molecule has 4 rings (SSSR count). The molecular weight excluding hydrogens is 402 g/mol. The van der Waals surface area contributed by atoms with E-state index < -0.39 is 0 Å². The molecule has 3 aromatic rings. The molecule has 0 radical (unpaired) electrons. The largest absolute Gasteiger partial charge is 0.415 e. The molecule has 9 heteroatoms. The maximum absolute atomic E-state index is 12.5. The van der Waals surface area contributed by atoms with Gasteiger partial charge in [-0.2, -0.15) is 0 Å². The fourth-order valence-corrected chi connectivity index (χ4v) is 4.20. The number of likely N-dealkylation sites (tertiary alicyclic amines) is 1. The highest BCUT2D eigenvalue weighted by Crippen LogP contribution is 2.33. The van der Waals surface area contributed by atoms with Crippen LogP contribution in [0.25, 0.3) is 0 Å². The van der Waals surface area contributed by atoms with Crippen LogP contribution in [0.5, 0.6) is 5.75 Å². The minimum absolute atomic E-state index is 0.240. The first-order valence-electron chi connectivity index (χ1n) is 10.0. The number of nitrogens with zero attached hydrogens (tertiary/aromatic N) is 4. The molecule has 1 unspecified atom stereocenters. The molecule has 0 saturated carbocycles. The zero-order valence-corrected chi connectivity index (χ0v) is 17.6. The number of aromatic amines is 1. The molecule has 1 amide bonds. The molecule has 30 heavy (non-hydrogen) atoms. The van der Waals surface area contributed by atoms with Crippen LogP contribution in [-0.4, -0.2) is 50.6 Å². The van der Waals surface area contributed by atoms with Crippen LogP contribution in [0, 0.1) is 5.92 Å². The minimum Gasteiger partial charge on any atom is -0.410 e. The summed E-state index contributed by atoms with van der Waals surface area (Å²) in [5, 5.41) is 5.16. The minimum atomic E-state index is -0.299. The first kappa shape index (κ1) is 20.3. The van der Waals surface area contributed by atoms with Gasteiger partial charge >= 0.3 is 6.09 Å². The van der Waals surface area contributed by atoms with Crippen LogP contribution in [0.3, 0.4) is 0 Å². The number of aromatic nitrogens is 4. The summed E-state index contributed by atoms with van der Waals surface area (Å²) < 4.78 is 5.56. The number of hydrogen-bond donors (Lipinski definition) is 1. The second-order valence-electron chi connectivity index (χ2n) is 7.23. The van der Waals surface area contributed by atoms with Gasteiger partial charge in [0.05, 0.1) is 12.4 Å². The Labute approximate surface area is 179 Å². The molecule has 158 valence electrons. The van der Waals surface area contributed by atoms with Gasteiger partial charge in [-0.05, 0) is 49.4 Å². The predicted molar refractivity (Wildman–Crippen MR) is 113 cm³/mol. The fourth-order valence-electron chi connectivity index (χ4n) is 3.32. The van der Waals surface area contributed by atoms with Crippen LogP contribution in [0.1, 0.15) is 30.6 Å². The Morgan fingerprint density at radius 1 is 1.27 bits per heavy atom. The van der Waals surface area contributed by atoms with E-state index in [1.165, 1.54) is 4.85 Å². The first-order valence-corrected chi connectivity index (χ1v) is 10.9. The molecule has 1 N–H and O–H groups in total. The number of carbonyl (C=O) groups excluding carboxylic acids is 1. The van der Waals surface area contributed by atoms with Crippen molar-refractivity contribution in [2.75, 3.05) is 19.7 Å². The van der Waals surface area contributed by atoms with Crippen molar-refractivity contribution in [3.8, 4) is 5.75 Å². The molecule has 3 heterocycles. The molecular formula is C21H25N5O3S. The van der Waals surface area contributed by atoms with Gasteiger partial charge in [-0.1, -0.05) is 23.9 Å². The van der Waals surface area contributed by atoms with Crippen molar-refractivity contribution in [1.29, 1.82) is 0 Å². The third-order valence-electron chi connectivity index (χ3n) is 5.11. The SMILES string of the molecule is CC(Sc1ncc[nH]1)c1ccc(OC(=O)N2CCC(COn3cccn3)CC2)cc1. The first-order chi connectivity index (χ1) is 14.7. The van der Waals surface area contributed by atoms with Gasteiger partial charge in [0.15, 0.2) is 5.16 Å². The highest BCUT2D eigenvalue weighted by molar-refractivity contribution is 7.99. The summed E-state index contributed by atoms with van der Waals surface area (Å²) in [6.45, 7) is 4.05. The van der Waals surface area contributed by atoms with Gasteiger partial charge in [0, 0.05) is 30.7 Å². The van der Waals surface area contributed by atoms with Gasteiger partial charge in [0.2, 0.25) is 0 Å². The highest BCUT2D eigenvalue weighted by atomic mass is 32.2. The van der Waals surface area contributed by atoms with Crippen LogP contribution < -0.4 is 9.57 Å². The molecule has 1 aliphatic rings. The molecule has 0 spiro atoms. The van der Waals surface area contributed by atoms with E-state index in [1.807, 2.05) is 36.5 Å². The summed E-state index contributed by atoms with van der Waals surface area (Å²) in [6.07, 6.45) is 8.48. The lowest BCUT2D eigenvalue weighted by atomic mass is 9.98. The predicted octanol–water partition coefficient (Wildman–Crippen LogP) is 3.80. The number of rotatable bonds is 7. The van der Waals surface area contributed by atoms with Crippen molar-refractivity contribution < 1.29 is 14.4 Å². The normalized spacial score (nSPS) is 15.7. The van der Waals surface area contributed by atoms with Crippen LogP contribution >= 0.6 is 11.8 Å². The summed E-state index contributed by atoms with van der Waals surface area (Å²) >= 11 is 1.65. The topological polar surface area (TPSA) is 85.3 Å². The standard InChI is InChI=1S/C21H25N5O3S/c1-16(30-20-22-10-11-23-20)18-3-5-19(6-4-18)29-21(27)25-13-7-17(8-14-25)15-28-26-12-2-9-24-26/h2-6,9-12,16-17H,7-8,13-15H2,1H3,(H,22,23). The van der Waals surface area contributed by atoms with Gasteiger partial charge in [-0.25, -0.2) is 9.78 Å². The van der Waals surface area contributed by atoms with E-state index in [0.29, 0.717) is 31.4 Å². The van der Waals surface area contributed by atoms with Crippen LogP contribution in [-0.2, 0) is 0 Å². The number of nitrogens with one attached hydrogen (secondary N) is 1. The molecule has 2 aromatic heterocycles. The number of thioether (sulfide) groups is 1. The van der Waals surface area contributed by atoms with Crippen molar-refractivity contribution in [3.05, 3.63) is 60.7 Å². The van der Waals surface area contributed by atoms with E-state index in [1.54, 1.807) is 35.3 Å². The Morgan fingerprint density at radius 3 is 2.73 bits per heavy atom. The Kier molecular flexibility index (Phi) is 6.58. The lowest BCUT2D eigenvalue weighted by molar-refractivity contribution is 0.0366. The zero-order valence-electron chi connectivity index (χ0n) is 16.8. The molecule has 8 nitrogen and oxygen atoms in total. The average Bonchev–Trinajstić information content (AvgIpc) is 3.47. The maximum Gasteiger partial charge on any atom is 0.415 e. The van der Waals surface area contributed by atoms with Crippen LogP contribution in [0.2, 0.25) is 0 Å². The van der Waals surface area contributed by atoms with Gasteiger partial charge in [0.1, 0.15) is 12.4 Å². The number of ether oxygens (including phenoxy) is 1. The average molecular weight is 428 g/mol. The van der Waals surface area contributed by atoms with Crippen LogP contribution in [0.15, 0.2) is 60.3 Å². The Hall–Kier alpha value is -2.94. The smallest absolute Gasteiger partial charge is 0.410 e. The summed E-state index contributed by atoms with van der Waals surface area (Å²) in [7, 11) is 0. The van der Waals surface area contributed by atoms with E-state index in [4.69, 9.17) is 9.57 Å². The molecule has 1 saturated heterocycles. The summed E-state index contributed by atoms with van der Waals surface area (Å²) in [5.74, 6) is 0.966. The van der Waals surface area contributed by atoms with Gasteiger partial charge in [0.25, 0.3) is 0 Å². The van der Waals surface area contributed by atoms with E-state index >= 15 is 0 Å². The summed E-state index contributed by atoms with van der Waals surface area (Å²) in [4.78, 5) is 28.7. The van der Waals surface area contributed by atoms with E-state index in [2.05, 4.69) is 22.0 Å². The second-order valence-corrected chi connectivity index (χ2v) is 8.56. The number of carbonyl (C=O) groups is 1. The zero-order chi connectivity index (χ0) is 20.8. The quantitative estimate of drug-likeness (QED) is 0.578. The fraction of sp³-hybridized carbons (Fsp3) is 0.381. The lowest BCUT2D eigenvalue weighted by Gasteiger charge is -2.30. The Morgan fingerprint density at radius 2 is 2.07 bits per heavy atom. The lowest BCUT2D eigenvalue weighted by Crippen LogP contribution is -2.41. The van der Waals surface area contributed by atoms with E-state index in [0.717, 1.165) is 23.6 Å². The van der Waals surface area contributed by atoms with Crippen molar-refractivity contribution >= 4 is 17.9 Å². The second kappa shape index (κ2) is 9.71. The van der Waals surface area contributed by atoms with Crippen molar-refractivity contribution in [2.45, 2.75) is 30.2 Å². The molecule has 1 atom stereocenters.